The highest BCUT2D eigenvalue weighted by atomic mass is 32.1. The summed E-state index contributed by atoms with van der Waals surface area (Å²) in [5.74, 6) is 0. The van der Waals surface area contributed by atoms with Gasteiger partial charge in [0.2, 0.25) is 0 Å². The summed E-state index contributed by atoms with van der Waals surface area (Å²) < 4.78 is 0. The third-order valence-corrected chi connectivity index (χ3v) is 2.75. The number of nitrogen functional groups attached to an aromatic ring is 1. The summed E-state index contributed by atoms with van der Waals surface area (Å²) >= 11 is 1.49. The largest absolute Gasteiger partial charge is 0.375 e. The Morgan fingerprint density at radius 2 is 2.07 bits per heavy atom. The predicted molar refractivity (Wildman–Crippen MR) is 67.1 cm³/mol. The molecule has 0 aliphatic heterocycles. The Labute approximate surface area is 94.9 Å². The van der Waals surface area contributed by atoms with Gasteiger partial charge < -0.3 is 5.73 Å². The third kappa shape index (κ3) is 4.27. The molecule has 0 radical (unpaired) electrons. The maximum atomic E-state index is 5.56. The number of aromatic nitrogens is 1. The molecule has 1 aromatic rings. The average molecular weight is 223 g/mol. The molecule has 1 aromatic heterocycles. The first-order chi connectivity index (χ1) is 7.26. The Balaban J connectivity index is 2.38. The molecule has 0 bridgehead atoms. The lowest BCUT2D eigenvalue weighted by atomic mass is 10.3. The quantitative estimate of drug-likeness (QED) is 0.718. The molecule has 0 aliphatic carbocycles. The molecule has 82 valence electrons. The van der Waals surface area contributed by atoms with Gasteiger partial charge in [-0.05, 0) is 0 Å². The van der Waals surface area contributed by atoms with Crippen LogP contribution in [-0.4, -0.2) is 29.5 Å². The first-order valence-electron chi connectivity index (χ1n) is 4.90. The van der Waals surface area contributed by atoms with E-state index in [1.165, 1.54) is 11.3 Å². The third-order valence-electron chi connectivity index (χ3n) is 2.03. The van der Waals surface area contributed by atoms with Crippen molar-refractivity contribution in [3.63, 3.8) is 0 Å². The minimum absolute atomic E-state index is 0.643. The van der Waals surface area contributed by atoms with Gasteiger partial charge in [-0.15, -0.1) is 24.5 Å². The van der Waals surface area contributed by atoms with Gasteiger partial charge in [-0.2, -0.15) is 0 Å². The zero-order valence-corrected chi connectivity index (χ0v) is 9.67. The van der Waals surface area contributed by atoms with E-state index in [2.05, 4.69) is 23.0 Å². The number of nitrogens with two attached hydrogens (primary N) is 1. The van der Waals surface area contributed by atoms with Crippen LogP contribution in [0.15, 0.2) is 30.7 Å². The molecule has 1 rings (SSSR count). The van der Waals surface area contributed by atoms with E-state index in [1.807, 2.05) is 17.5 Å². The summed E-state index contributed by atoms with van der Waals surface area (Å²) in [5, 5.41) is 2.65. The molecule has 0 amide bonds. The summed E-state index contributed by atoms with van der Waals surface area (Å²) in [5.41, 5.74) is 6.63. The smallest absolute Gasteiger partial charge is 0.180 e. The molecule has 0 spiro atoms. The van der Waals surface area contributed by atoms with Crippen LogP contribution < -0.4 is 5.73 Å². The number of hydrogen-bond acceptors (Lipinski definition) is 4. The zero-order chi connectivity index (χ0) is 11.1. The van der Waals surface area contributed by atoms with E-state index in [0.29, 0.717) is 5.13 Å². The minimum atomic E-state index is 0.643. The summed E-state index contributed by atoms with van der Waals surface area (Å²) in [6.45, 7) is 10.2. The van der Waals surface area contributed by atoms with Crippen molar-refractivity contribution in [2.24, 2.45) is 0 Å². The van der Waals surface area contributed by atoms with E-state index in [9.17, 15) is 0 Å². The Kier molecular flexibility index (Phi) is 5.07. The van der Waals surface area contributed by atoms with Crippen molar-refractivity contribution in [3.8, 4) is 0 Å². The van der Waals surface area contributed by atoms with Crippen LogP contribution in [0, 0.1) is 0 Å². The van der Waals surface area contributed by atoms with E-state index in [4.69, 9.17) is 5.73 Å². The molecule has 1 heterocycles. The molecular formula is C11H17N3S. The van der Waals surface area contributed by atoms with Crippen LogP contribution in [0.4, 0.5) is 5.13 Å². The summed E-state index contributed by atoms with van der Waals surface area (Å²) in [6, 6.07) is 0. The van der Waals surface area contributed by atoms with Crippen molar-refractivity contribution < 1.29 is 0 Å². The monoisotopic (exact) mass is 223 g/mol. The summed E-state index contributed by atoms with van der Waals surface area (Å²) in [4.78, 5) is 6.48. The Morgan fingerprint density at radius 3 is 2.53 bits per heavy atom. The van der Waals surface area contributed by atoms with Crippen molar-refractivity contribution in [1.29, 1.82) is 0 Å². The lowest BCUT2D eigenvalue weighted by Crippen LogP contribution is -2.26. The van der Waals surface area contributed by atoms with Crippen LogP contribution in [0.2, 0.25) is 0 Å². The van der Waals surface area contributed by atoms with Crippen LogP contribution in [0.1, 0.15) is 5.69 Å². The van der Waals surface area contributed by atoms with Crippen LogP contribution >= 0.6 is 11.3 Å². The molecule has 0 unspecified atom stereocenters. The van der Waals surface area contributed by atoms with Gasteiger partial charge in [0, 0.05) is 31.4 Å². The molecule has 15 heavy (non-hydrogen) atoms. The molecule has 0 saturated heterocycles. The lowest BCUT2D eigenvalue weighted by molar-refractivity contribution is 0.339. The lowest BCUT2D eigenvalue weighted by Gasteiger charge is -2.17. The van der Waals surface area contributed by atoms with Gasteiger partial charge in [-0.3, -0.25) is 4.90 Å². The van der Waals surface area contributed by atoms with E-state index >= 15 is 0 Å². The van der Waals surface area contributed by atoms with E-state index in [1.54, 1.807) is 0 Å². The zero-order valence-electron chi connectivity index (χ0n) is 8.85. The normalized spacial score (nSPS) is 10.5. The second-order valence-corrected chi connectivity index (χ2v) is 4.15. The molecule has 0 atom stereocenters. The molecular weight excluding hydrogens is 206 g/mol. The van der Waals surface area contributed by atoms with Gasteiger partial charge in [0.1, 0.15) is 0 Å². The SMILES string of the molecule is C=CCN(CC=C)CCc1csc(N)n1. The van der Waals surface area contributed by atoms with Gasteiger partial charge in [-0.25, -0.2) is 4.98 Å². The highest BCUT2D eigenvalue weighted by molar-refractivity contribution is 7.13. The van der Waals surface area contributed by atoms with Gasteiger partial charge in [0.05, 0.1) is 5.69 Å². The first-order valence-corrected chi connectivity index (χ1v) is 5.78. The Morgan fingerprint density at radius 1 is 1.40 bits per heavy atom. The molecule has 3 nitrogen and oxygen atoms in total. The van der Waals surface area contributed by atoms with Crippen LogP contribution in [0.25, 0.3) is 0 Å². The Bertz CT molecular complexity index is 309. The Hall–Kier alpha value is -1.13. The van der Waals surface area contributed by atoms with Crippen molar-refractivity contribution in [1.82, 2.24) is 9.88 Å². The fourth-order valence-electron chi connectivity index (χ4n) is 1.33. The van der Waals surface area contributed by atoms with Gasteiger partial charge in [0.25, 0.3) is 0 Å². The number of thiazole rings is 1. The molecule has 0 saturated carbocycles. The first kappa shape index (κ1) is 11.9. The van der Waals surface area contributed by atoms with Crippen molar-refractivity contribution >= 4 is 16.5 Å². The van der Waals surface area contributed by atoms with E-state index < -0.39 is 0 Å². The molecule has 0 fully saturated rings. The minimum Gasteiger partial charge on any atom is -0.375 e. The fourth-order valence-corrected chi connectivity index (χ4v) is 1.93. The van der Waals surface area contributed by atoms with Crippen molar-refractivity contribution in [2.45, 2.75) is 6.42 Å². The summed E-state index contributed by atoms with van der Waals surface area (Å²) in [7, 11) is 0. The number of nitrogens with zero attached hydrogens (tertiary/aromatic N) is 2. The van der Waals surface area contributed by atoms with E-state index in [0.717, 1.165) is 31.7 Å². The average Bonchev–Trinajstić information content (AvgIpc) is 2.61. The standard InChI is InChI=1S/C11H17N3S/c1-3-6-14(7-4-2)8-5-10-9-15-11(12)13-10/h3-4,9H,1-2,5-8H2,(H2,12,13). The fraction of sp³-hybridized carbons (Fsp3) is 0.364. The highest BCUT2D eigenvalue weighted by Crippen LogP contribution is 2.11. The molecule has 0 aromatic carbocycles. The second-order valence-electron chi connectivity index (χ2n) is 3.26. The topological polar surface area (TPSA) is 42.1 Å². The highest BCUT2D eigenvalue weighted by Gasteiger charge is 2.03. The van der Waals surface area contributed by atoms with Gasteiger partial charge >= 0.3 is 0 Å². The second kappa shape index (κ2) is 6.37. The van der Waals surface area contributed by atoms with Crippen LogP contribution in [0.5, 0.6) is 0 Å². The number of rotatable bonds is 7. The number of anilines is 1. The molecule has 0 aliphatic rings. The maximum absolute atomic E-state index is 5.56. The maximum Gasteiger partial charge on any atom is 0.180 e. The van der Waals surface area contributed by atoms with Crippen LogP contribution in [0.3, 0.4) is 0 Å². The van der Waals surface area contributed by atoms with Crippen molar-refractivity contribution in [2.75, 3.05) is 25.4 Å². The van der Waals surface area contributed by atoms with Gasteiger partial charge in [0.15, 0.2) is 5.13 Å². The van der Waals surface area contributed by atoms with Crippen molar-refractivity contribution in [3.05, 3.63) is 36.4 Å². The number of hydrogen-bond donors (Lipinski definition) is 1. The molecule has 4 heteroatoms. The van der Waals surface area contributed by atoms with E-state index in [-0.39, 0.29) is 0 Å². The predicted octanol–water partition coefficient (Wildman–Crippen LogP) is 1.94. The van der Waals surface area contributed by atoms with Gasteiger partial charge in [-0.1, -0.05) is 12.2 Å². The molecule has 2 N–H and O–H groups in total. The summed E-state index contributed by atoms with van der Waals surface area (Å²) in [6.07, 6.45) is 4.73. The van der Waals surface area contributed by atoms with Crippen LogP contribution in [-0.2, 0) is 6.42 Å².